The van der Waals surface area contributed by atoms with Crippen molar-refractivity contribution in [1.29, 1.82) is 0 Å². The van der Waals surface area contributed by atoms with E-state index in [2.05, 4.69) is 41.7 Å². The van der Waals surface area contributed by atoms with Crippen LogP contribution in [-0.2, 0) is 44.8 Å². The first-order valence-electron chi connectivity index (χ1n) is 12.1. The van der Waals surface area contributed by atoms with Crippen LogP contribution in [0.5, 0.6) is 0 Å². The molecule has 0 saturated carbocycles. The molecular weight excluding hydrogens is 616 g/mol. The average molecular weight is 652 g/mol. The van der Waals surface area contributed by atoms with Crippen LogP contribution in [0, 0.1) is 0 Å². The standard InChI is InChI=1S/C12H20N4.C12H16N4.2Ag/c2*1-3-7-13-11(5-1)9-15-16-10-12-6-2-4-8-14-12;;/h9-12H,1-8H2;1,3,5,9-10,12H,2,4,6-8H2;;/q2*-2;2*+1. The molecule has 3 unspecified atom stereocenters. The second kappa shape index (κ2) is 20.5. The van der Waals surface area contributed by atoms with Gasteiger partial charge in [-0.25, -0.2) is 0 Å². The summed E-state index contributed by atoms with van der Waals surface area (Å²) in [5.41, 5.74) is 0.875. The molecule has 0 bridgehead atoms. The number of piperidine rings is 3. The van der Waals surface area contributed by atoms with Crippen molar-refractivity contribution in [3.05, 3.63) is 45.2 Å². The van der Waals surface area contributed by atoms with Crippen molar-refractivity contribution in [3.8, 4) is 0 Å². The molecule has 34 heavy (non-hydrogen) atoms. The molecule has 0 aromatic carbocycles. The summed E-state index contributed by atoms with van der Waals surface area (Å²) in [6, 6.07) is 0.867. The van der Waals surface area contributed by atoms with Gasteiger partial charge in [0.05, 0.1) is 0 Å². The largest absolute Gasteiger partial charge is 1.00 e. The van der Waals surface area contributed by atoms with Gasteiger partial charge in [-0.15, -0.1) is 38.0 Å². The molecule has 0 aromatic heterocycles. The fourth-order valence-corrected chi connectivity index (χ4v) is 3.77. The zero-order chi connectivity index (χ0) is 22.1. The van der Waals surface area contributed by atoms with Gasteiger partial charge in [-0.05, 0) is 0 Å². The van der Waals surface area contributed by atoms with Crippen LogP contribution < -0.4 is 0 Å². The Balaban J connectivity index is 0.000000321. The number of hydrogen-bond acceptors (Lipinski definition) is 4. The fraction of sp³-hybridized carbons (Fsp3) is 0.667. The Bertz CT molecular complexity index is 661. The van der Waals surface area contributed by atoms with Crippen LogP contribution in [-0.4, -0.2) is 69.2 Å². The summed E-state index contributed by atoms with van der Waals surface area (Å²) in [5.74, 6) is 0. The molecule has 4 heterocycles. The van der Waals surface area contributed by atoms with Crippen LogP contribution in [0.1, 0.15) is 57.8 Å². The molecule has 4 rings (SSSR count). The van der Waals surface area contributed by atoms with Crippen molar-refractivity contribution in [2.45, 2.75) is 75.9 Å². The third-order valence-corrected chi connectivity index (χ3v) is 5.64. The third kappa shape index (κ3) is 14.0. The monoisotopic (exact) mass is 650 g/mol. The zero-order valence-electron chi connectivity index (χ0n) is 19.6. The summed E-state index contributed by atoms with van der Waals surface area (Å²) in [5, 5.41) is 33.8. The van der Waals surface area contributed by atoms with E-state index in [-0.39, 0.29) is 50.8 Å². The molecule has 8 nitrogen and oxygen atoms in total. The molecule has 10 heteroatoms. The van der Waals surface area contributed by atoms with Gasteiger partial charge in [0.15, 0.2) is 0 Å². The van der Waals surface area contributed by atoms with Crippen molar-refractivity contribution >= 4 is 24.9 Å². The number of nitrogens with zero attached hydrogens (tertiary/aromatic N) is 8. The summed E-state index contributed by atoms with van der Waals surface area (Å²) < 4.78 is 0. The van der Waals surface area contributed by atoms with Gasteiger partial charge in [0.2, 0.25) is 0 Å². The van der Waals surface area contributed by atoms with E-state index >= 15 is 0 Å². The Kier molecular flexibility index (Phi) is 18.9. The molecule has 0 spiro atoms. The fourth-order valence-electron chi connectivity index (χ4n) is 3.77. The van der Waals surface area contributed by atoms with Crippen LogP contribution in [0.4, 0.5) is 0 Å². The van der Waals surface area contributed by atoms with E-state index in [9.17, 15) is 0 Å². The van der Waals surface area contributed by atoms with Gasteiger partial charge in [-0.2, -0.15) is 20.4 Å². The molecule has 0 aliphatic carbocycles. The SMILES string of the molecule is C(=NN=CC1CCCC[N-]1)C1CCCC[N-]1.C1=CC[N-]C(C=NN=CC2CCCC[N-]2)=C1.[Ag+].[Ag+]. The Hall–Kier alpha value is -0.679. The van der Waals surface area contributed by atoms with E-state index in [0.29, 0.717) is 12.1 Å². The molecule has 0 N–H and O–H groups in total. The van der Waals surface area contributed by atoms with Crippen LogP contribution in [0.15, 0.2) is 44.3 Å². The molecular formula is C24H36Ag2N8-2. The first-order chi connectivity index (χ1) is 15.9. The van der Waals surface area contributed by atoms with Crippen LogP contribution >= 0.6 is 0 Å². The van der Waals surface area contributed by atoms with Crippen LogP contribution in [0.2, 0.25) is 0 Å². The predicted octanol–water partition coefficient (Wildman–Crippen LogP) is 5.69. The Morgan fingerprint density at radius 1 is 0.647 bits per heavy atom. The second-order valence-corrected chi connectivity index (χ2v) is 8.31. The summed E-state index contributed by atoms with van der Waals surface area (Å²) >= 11 is 0. The molecule has 196 valence electrons. The van der Waals surface area contributed by atoms with Gasteiger partial charge in [0.25, 0.3) is 0 Å². The van der Waals surface area contributed by atoms with E-state index in [4.69, 9.17) is 0 Å². The van der Waals surface area contributed by atoms with Gasteiger partial charge in [0.1, 0.15) is 0 Å². The average Bonchev–Trinajstić information content (AvgIpc) is 2.88. The zero-order valence-corrected chi connectivity index (χ0v) is 22.6. The summed E-state index contributed by atoms with van der Waals surface area (Å²) in [7, 11) is 0. The Morgan fingerprint density at radius 2 is 1.12 bits per heavy atom. The third-order valence-electron chi connectivity index (χ3n) is 5.64. The Morgan fingerprint density at radius 3 is 1.50 bits per heavy atom. The predicted molar refractivity (Wildman–Crippen MR) is 137 cm³/mol. The van der Waals surface area contributed by atoms with Crippen molar-refractivity contribution in [2.75, 3.05) is 26.2 Å². The van der Waals surface area contributed by atoms with Crippen LogP contribution in [0.25, 0.3) is 21.3 Å². The molecule has 0 amide bonds. The molecule has 0 radical (unpaired) electrons. The van der Waals surface area contributed by atoms with Crippen molar-refractivity contribution in [2.24, 2.45) is 20.4 Å². The van der Waals surface area contributed by atoms with Gasteiger partial charge in [0, 0.05) is 24.9 Å². The normalized spacial score (nSPS) is 27.5. The van der Waals surface area contributed by atoms with E-state index in [1.807, 2.05) is 36.9 Å². The van der Waals surface area contributed by atoms with E-state index in [0.717, 1.165) is 51.1 Å². The topological polar surface area (TPSA) is 106 Å². The summed E-state index contributed by atoms with van der Waals surface area (Å²) in [4.78, 5) is 0. The summed E-state index contributed by atoms with van der Waals surface area (Å²) in [6.07, 6.45) is 24.0. The Labute approximate surface area is 236 Å². The summed E-state index contributed by atoms with van der Waals surface area (Å²) in [6.45, 7) is 3.67. The van der Waals surface area contributed by atoms with Gasteiger partial charge in [-0.3, -0.25) is 0 Å². The molecule has 3 fully saturated rings. The molecule has 4 aliphatic rings. The molecule has 3 saturated heterocycles. The van der Waals surface area contributed by atoms with E-state index < -0.39 is 0 Å². The molecule has 4 aliphatic heterocycles. The minimum absolute atomic E-state index is 0. The molecule has 3 atom stereocenters. The minimum Gasteiger partial charge on any atom is -0.680 e. The van der Waals surface area contributed by atoms with Gasteiger partial charge in [-0.1, -0.05) is 88.1 Å². The molecule has 0 aromatic rings. The quantitative estimate of drug-likeness (QED) is 0.200. The van der Waals surface area contributed by atoms with Gasteiger partial charge < -0.3 is 21.3 Å². The smallest absolute Gasteiger partial charge is 0.680 e. The van der Waals surface area contributed by atoms with E-state index in [1.54, 1.807) is 6.21 Å². The van der Waals surface area contributed by atoms with Crippen LogP contribution in [0.3, 0.4) is 0 Å². The first kappa shape index (κ1) is 31.4. The van der Waals surface area contributed by atoms with Gasteiger partial charge >= 0.3 is 44.8 Å². The number of allylic oxidation sites excluding steroid dienone is 3. The van der Waals surface area contributed by atoms with Crippen molar-refractivity contribution in [3.63, 3.8) is 0 Å². The maximum atomic E-state index is 4.47. The number of hydrogen-bond donors (Lipinski definition) is 0. The van der Waals surface area contributed by atoms with E-state index in [1.165, 1.54) is 38.5 Å². The maximum absolute atomic E-state index is 4.47. The second-order valence-electron chi connectivity index (χ2n) is 8.31. The minimum atomic E-state index is 0. The maximum Gasteiger partial charge on any atom is 1.00 e. The van der Waals surface area contributed by atoms with Crippen molar-refractivity contribution in [1.82, 2.24) is 0 Å². The number of rotatable bonds is 6. The first-order valence-corrected chi connectivity index (χ1v) is 12.1. The van der Waals surface area contributed by atoms with Crippen molar-refractivity contribution < 1.29 is 44.8 Å².